The first-order valence-corrected chi connectivity index (χ1v) is 9.12. The van der Waals surface area contributed by atoms with Gasteiger partial charge in [-0.3, -0.25) is 4.68 Å². The maximum absolute atomic E-state index is 5.42. The highest BCUT2D eigenvalue weighted by Gasteiger charge is 2.12. The van der Waals surface area contributed by atoms with E-state index in [2.05, 4.69) is 65.6 Å². The molecule has 0 spiro atoms. The summed E-state index contributed by atoms with van der Waals surface area (Å²) in [6, 6.07) is 18.6. The van der Waals surface area contributed by atoms with E-state index in [0.29, 0.717) is 11.7 Å². The minimum absolute atomic E-state index is 0.614. The maximum atomic E-state index is 5.42. The minimum atomic E-state index is 0.614. The average molecular weight is 365 g/mol. The number of nitrogens with one attached hydrogen (secondary N) is 2. The van der Waals surface area contributed by atoms with Gasteiger partial charge in [0.25, 0.3) is 0 Å². The van der Waals surface area contributed by atoms with Crippen LogP contribution in [-0.4, -0.2) is 14.9 Å². The van der Waals surface area contributed by atoms with Crippen molar-refractivity contribution in [1.82, 2.24) is 15.1 Å². The van der Waals surface area contributed by atoms with Gasteiger partial charge < -0.3 is 10.6 Å². The fourth-order valence-corrected chi connectivity index (χ4v) is 3.07. The second-order valence-electron chi connectivity index (χ2n) is 6.47. The Morgan fingerprint density at radius 2 is 1.69 bits per heavy atom. The zero-order valence-electron chi connectivity index (χ0n) is 15.4. The van der Waals surface area contributed by atoms with Gasteiger partial charge in [-0.1, -0.05) is 48.0 Å². The van der Waals surface area contributed by atoms with Crippen LogP contribution < -0.4 is 10.6 Å². The molecular weight excluding hydrogens is 340 g/mol. The summed E-state index contributed by atoms with van der Waals surface area (Å²) < 4.78 is 2.05. The van der Waals surface area contributed by atoms with E-state index in [-0.39, 0.29) is 0 Å². The number of benzene rings is 2. The molecule has 1 aromatic heterocycles. The number of anilines is 1. The van der Waals surface area contributed by atoms with Crippen molar-refractivity contribution in [3.05, 3.63) is 82.7 Å². The van der Waals surface area contributed by atoms with Gasteiger partial charge in [0.1, 0.15) is 0 Å². The van der Waals surface area contributed by atoms with Crippen LogP contribution in [-0.2, 0) is 13.1 Å². The van der Waals surface area contributed by atoms with Crippen molar-refractivity contribution in [1.29, 1.82) is 0 Å². The van der Waals surface area contributed by atoms with Gasteiger partial charge in [0.2, 0.25) is 0 Å². The molecule has 0 unspecified atom stereocenters. The van der Waals surface area contributed by atoms with Crippen molar-refractivity contribution in [3.8, 4) is 0 Å². The molecule has 4 nitrogen and oxygen atoms in total. The van der Waals surface area contributed by atoms with E-state index in [1.165, 1.54) is 16.7 Å². The van der Waals surface area contributed by atoms with Crippen LogP contribution in [0.25, 0.3) is 0 Å². The molecule has 2 N–H and O–H groups in total. The normalized spacial score (nSPS) is 10.6. The highest BCUT2D eigenvalue weighted by atomic mass is 32.1. The number of thiocarbonyl (C=S) groups is 1. The van der Waals surface area contributed by atoms with Crippen LogP contribution in [0, 0.1) is 20.8 Å². The van der Waals surface area contributed by atoms with E-state index in [0.717, 1.165) is 23.6 Å². The van der Waals surface area contributed by atoms with Crippen LogP contribution in [0.1, 0.15) is 28.1 Å². The van der Waals surface area contributed by atoms with E-state index in [9.17, 15) is 0 Å². The molecule has 0 bridgehead atoms. The largest absolute Gasteiger partial charge is 0.358 e. The van der Waals surface area contributed by atoms with E-state index >= 15 is 0 Å². The van der Waals surface area contributed by atoms with E-state index in [1.807, 2.05) is 25.1 Å². The topological polar surface area (TPSA) is 41.9 Å². The molecule has 134 valence electrons. The summed E-state index contributed by atoms with van der Waals surface area (Å²) in [7, 11) is 0. The third kappa shape index (κ3) is 4.49. The number of rotatable bonds is 5. The molecule has 0 saturated heterocycles. The third-order valence-corrected chi connectivity index (χ3v) is 4.69. The van der Waals surface area contributed by atoms with Crippen LogP contribution in [0.3, 0.4) is 0 Å². The smallest absolute Gasteiger partial charge is 0.171 e. The number of hydrogen-bond donors (Lipinski definition) is 2. The molecule has 2 aromatic carbocycles. The molecule has 0 radical (unpaired) electrons. The van der Waals surface area contributed by atoms with Crippen molar-refractivity contribution in [2.45, 2.75) is 33.9 Å². The lowest BCUT2D eigenvalue weighted by Gasteiger charge is -2.11. The number of aryl methyl sites for hydroxylation is 2. The molecule has 3 aromatic rings. The lowest BCUT2D eigenvalue weighted by atomic mass is 10.2. The molecule has 1 heterocycles. The summed E-state index contributed by atoms with van der Waals surface area (Å²) in [6.07, 6.45) is 0. The maximum Gasteiger partial charge on any atom is 0.171 e. The summed E-state index contributed by atoms with van der Waals surface area (Å²) in [5.41, 5.74) is 6.84. The predicted molar refractivity (Wildman–Crippen MR) is 111 cm³/mol. The third-order valence-electron chi connectivity index (χ3n) is 4.44. The Labute approximate surface area is 160 Å². The number of aromatic nitrogens is 2. The van der Waals surface area contributed by atoms with E-state index in [1.54, 1.807) is 0 Å². The summed E-state index contributed by atoms with van der Waals surface area (Å²) in [6.45, 7) is 7.65. The summed E-state index contributed by atoms with van der Waals surface area (Å²) >= 11 is 5.42. The molecular formula is C21H24N4S. The van der Waals surface area contributed by atoms with Crippen molar-refractivity contribution in [2.24, 2.45) is 0 Å². The Balaban J connectivity index is 1.62. The molecule has 0 atom stereocenters. The average Bonchev–Trinajstić information content (AvgIpc) is 2.89. The summed E-state index contributed by atoms with van der Waals surface area (Å²) in [5.74, 6) is 0. The van der Waals surface area contributed by atoms with Crippen molar-refractivity contribution in [2.75, 3.05) is 5.32 Å². The minimum Gasteiger partial charge on any atom is -0.358 e. The molecule has 0 aliphatic rings. The van der Waals surface area contributed by atoms with E-state index < -0.39 is 0 Å². The Hall–Kier alpha value is -2.66. The molecule has 5 heteroatoms. The van der Waals surface area contributed by atoms with Gasteiger partial charge in [-0.25, -0.2) is 0 Å². The van der Waals surface area contributed by atoms with Gasteiger partial charge in [0.15, 0.2) is 5.11 Å². The molecule has 0 amide bonds. The molecule has 26 heavy (non-hydrogen) atoms. The number of hydrogen-bond acceptors (Lipinski definition) is 2. The molecule has 3 rings (SSSR count). The van der Waals surface area contributed by atoms with Crippen LogP contribution in [0.5, 0.6) is 0 Å². The van der Waals surface area contributed by atoms with Crippen LogP contribution >= 0.6 is 12.2 Å². The Bertz CT molecular complexity index is 882. The molecule has 0 aliphatic heterocycles. The van der Waals surface area contributed by atoms with Gasteiger partial charge in [0, 0.05) is 23.5 Å². The Kier molecular flexibility index (Phi) is 5.68. The van der Waals surface area contributed by atoms with Crippen molar-refractivity contribution < 1.29 is 0 Å². The van der Waals surface area contributed by atoms with Crippen molar-refractivity contribution in [3.63, 3.8) is 0 Å². The monoisotopic (exact) mass is 364 g/mol. The highest BCUT2D eigenvalue weighted by molar-refractivity contribution is 7.80. The first-order chi connectivity index (χ1) is 12.5. The standard InChI is InChI=1S/C21H24N4S/c1-15-9-11-19(12-10-15)23-21(26)22-13-20-16(2)24-25(17(20)3)14-18-7-5-4-6-8-18/h4-12H,13-14H2,1-3H3,(H2,22,23,26). The van der Waals surface area contributed by atoms with Gasteiger partial charge in [-0.05, 0) is 50.7 Å². The lowest BCUT2D eigenvalue weighted by molar-refractivity contribution is 0.657. The van der Waals surface area contributed by atoms with E-state index in [4.69, 9.17) is 17.3 Å². The second kappa shape index (κ2) is 8.15. The quantitative estimate of drug-likeness (QED) is 0.661. The van der Waals surface area contributed by atoms with Gasteiger partial charge in [-0.2, -0.15) is 5.10 Å². The molecule has 0 fully saturated rings. The van der Waals surface area contributed by atoms with Crippen molar-refractivity contribution >= 4 is 23.0 Å². The van der Waals surface area contributed by atoms with Crippen LogP contribution in [0.15, 0.2) is 54.6 Å². The SMILES string of the molecule is Cc1ccc(NC(=S)NCc2c(C)nn(Cc3ccccc3)c2C)cc1. The molecule has 0 saturated carbocycles. The van der Waals surface area contributed by atoms with Gasteiger partial charge in [-0.15, -0.1) is 0 Å². The first-order valence-electron chi connectivity index (χ1n) is 8.71. The Morgan fingerprint density at radius 1 is 1.00 bits per heavy atom. The zero-order chi connectivity index (χ0) is 18.5. The predicted octanol–water partition coefficient (Wildman–Crippen LogP) is 4.34. The highest BCUT2D eigenvalue weighted by Crippen LogP contribution is 2.15. The van der Waals surface area contributed by atoms with Gasteiger partial charge in [0.05, 0.1) is 12.2 Å². The fourth-order valence-electron chi connectivity index (χ4n) is 2.88. The summed E-state index contributed by atoms with van der Waals surface area (Å²) in [4.78, 5) is 0. The second-order valence-corrected chi connectivity index (χ2v) is 6.87. The van der Waals surface area contributed by atoms with Gasteiger partial charge >= 0.3 is 0 Å². The fraction of sp³-hybridized carbons (Fsp3) is 0.238. The van der Waals surface area contributed by atoms with Crippen LogP contribution in [0.2, 0.25) is 0 Å². The molecule has 0 aliphatic carbocycles. The number of nitrogens with zero attached hydrogens (tertiary/aromatic N) is 2. The van der Waals surface area contributed by atoms with Crippen LogP contribution in [0.4, 0.5) is 5.69 Å². The zero-order valence-corrected chi connectivity index (χ0v) is 16.2. The Morgan fingerprint density at radius 3 is 2.38 bits per heavy atom. The summed E-state index contributed by atoms with van der Waals surface area (Å²) in [5, 5.41) is 11.8. The lowest BCUT2D eigenvalue weighted by Crippen LogP contribution is -2.28. The first kappa shape index (κ1) is 18.1.